The van der Waals surface area contributed by atoms with Gasteiger partial charge in [-0.05, 0) is 104 Å². The molecule has 0 aromatic carbocycles. The number of hydrogen-bond acceptors (Lipinski definition) is 7. The van der Waals surface area contributed by atoms with Crippen molar-refractivity contribution in [3.63, 3.8) is 0 Å². The lowest BCUT2D eigenvalue weighted by atomic mass is 9.47. The minimum atomic E-state index is -0.692. The van der Waals surface area contributed by atoms with Gasteiger partial charge in [0.05, 0.1) is 56.2 Å². The maximum Gasteiger partial charge on any atom is 0.335 e. The molecule has 0 radical (unpaired) electrons. The van der Waals surface area contributed by atoms with Gasteiger partial charge in [-0.15, -0.1) is 0 Å². The Balaban J connectivity index is 1.38. The van der Waals surface area contributed by atoms with E-state index in [9.17, 15) is 19.8 Å². The third-order valence-electron chi connectivity index (χ3n) is 13.0. The van der Waals surface area contributed by atoms with Crippen molar-refractivity contribution in [1.82, 2.24) is 0 Å². The van der Waals surface area contributed by atoms with Crippen LogP contribution in [0.3, 0.4) is 0 Å². The number of carbonyl (C=O) groups excluding carboxylic acids is 2. The van der Waals surface area contributed by atoms with Crippen molar-refractivity contribution in [3.05, 3.63) is 48.1 Å². The zero-order chi connectivity index (χ0) is 34.5. The predicted molar refractivity (Wildman–Crippen MR) is 185 cm³/mol. The fourth-order valence-electron chi connectivity index (χ4n) is 9.52. The average Bonchev–Trinajstić information content (AvgIpc) is 3.42. The molecule has 0 amide bonds. The van der Waals surface area contributed by atoms with Crippen molar-refractivity contribution in [1.29, 1.82) is 0 Å². The van der Waals surface area contributed by atoms with E-state index in [1.54, 1.807) is 5.57 Å². The molecule has 4 rings (SSSR count). The largest absolute Gasteiger partial charge is 0.462 e. The summed E-state index contributed by atoms with van der Waals surface area (Å²) in [7, 11) is 0. The van der Waals surface area contributed by atoms with Crippen molar-refractivity contribution in [2.75, 3.05) is 33.0 Å². The Morgan fingerprint density at radius 2 is 1.53 bits per heavy atom. The third kappa shape index (κ3) is 8.33. The van der Waals surface area contributed by atoms with Crippen molar-refractivity contribution in [3.8, 4) is 0 Å². The van der Waals surface area contributed by atoms with Gasteiger partial charge >= 0.3 is 11.9 Å². The average molecular weight is 655 g/mol. The molecule has 2 N–H and O–H groups in total. The fourth-order valence-corrected chi connectivity index (χ4v) is 9.52. The summed E-state index contributed by atoms with van der Waals surface area (Å²) in [5.74, 6) is 3.17. The van der Waals surface area contributed by atoms with E-state index in [2.05, 4.69) is 72.9 Å². The highest BCUT2D eigenvalue weighted by atomic mass is 16.6. The highest BCUT2D eigenvalue weighted by Crippen LogP contribution is 2.67. The van der Waals surface area contributed by atoms with Gasteiger partial charge in [-0.3, -0.25) is 0 Å². The molecule has 3 saturated carbocycles. The topological polar surface area (TPSA) is 102 Å². The van der Waals surface area contributed by atoms with Gasteiger partial charge in [0, 0.05) is 0 Å². The summed E-state index contributed by atoms with van der Waals surface area (Å²) in [4.78, 5) is 24.2. The highest BCUT2D eigenvalue weighted by Gasteiger charge is 2.59. The lowest BCUT2D eigenvalue weighted by Crippen LogP contribution is -2.51. The molecular formula is C40H62O7. The van der Waals surface area contributed by atoms with Crippen molar-refractivity contribution >= 4 is 11.9 Å². The molecule has 4 aliphatic carbocycles. The van der Waals surface area contributed by atoms with E-state index in [0.29, 0.717) is 23.2 Å². The molecule has 7 heteroatoms. The minimum Gasteiger partial charge on any atom is -0.462 e. The summed E-state index contributed by atoms with van der Waals surface area (Å²) in [5, 5.41) is 18.4. The van der Waals surface area contributed by atoms with Crippen LogP contribution in [0.1, 0.15) is 92.9 Å². The van der Waals surface area contributed by atoms with Crippen LogP contribution >= 0.6 is 0 Å². The maximum absolute atomic E-state index is 12.1. The van der Waals surface area contributed by atoms with Gasteiger partial charge in [0.2, 0.25) is 0 Å². The number of esters is 2. The Hall–Kier alpha value is -2.22. The standard InChI is InChI=1S/C40H62O7/c1-25(2)26(3)9-10-27(4)34-13-14-35-33-12-11-31-19-32(15-17-39(31,7)36(33)16-18-40(34,35)8)45-22-30(23-46-37(43)28(5)20-41)24-47-38(44)29(6)21-42/h9-11,25-27,30,32-36,41-42H,5-6,12-24H2,1-4,7-8H3/b10-9+/t26-,27+,32-,33-,34+,35?,36?,39-,40+/m0/s1. The van der Waals surface area contributed by atoms with Gasteiger partial charge in [0.25, 0.3) is 0 Å². The summed E-state index contributed by atoms with van der Waals surface area (Å²) >= 11 is 0. The number of hydrogen-bond donors (Lipinski definition) is 2. The van der Waals surface area contributed by atoms with Crippen LogP contribution in [0.5, 0.6) is 0 Å². The first-order valence-electron chi connectivity index (χ1n) is 18.2. The summed E-state index contributed by atoms with van der Waals surface area (Å²) in [6, 6.07) is 0. The second kappa shape index (κ2) is 16.0. The first-order chi connectivity index (χ1) is 22.2. The summed E-state index contributed by atoms with van der Waals surface area (Å²) < 4.78 is 17.1. The predicted octanol–water partition coefficient (Wildman–Crippen LogP) is 7.23. The monoisotopic (exact) mass is 654 g/mol. The Bertz CT molecular complexity index is 1170. The van der Waals surface area contributed by atoms with Gasteiger partial charge in [-0.1, -0.05) is 78.5 Å². The van der Waals surface area contributed by atoms with Crippen LogP contribution in [0.2, 0.25) is 0 Å². The molecule has 0 bridgehead atoms. The third-order valence-corrected chi connectivity index (χ3v) is 13.0. The summed E-state index contributed by atoms with van der Waals surface area (Å²) in [5.41, 5.74) is 2.09. The van der Waals surface area contributed by atoms with Gasteiger partial charge in [-0.2, -0.15) is 0 Å². The van der Waals surface area contributed by atoms with Crippen molar-refractivity contribution in [2.24, 2.45) is 58.2 Å². The van der Waals surface area contributed by atoms with Crippen LogP contribution in [-0.4, -0.2) is 61.3 Å². The summed E-state index contributed by atoms with van der Waals surface area (Å²) in [6.45, 7) is 20.8. The van der Waals surface area contributed by atoms with E-state index in [0.717, 1.165) is 42.9 Å². The molecule has 2 unspecified atom stereocenters. The highest BCUT2D eigenvalue weighted by molar-refractivity contribution is 5.88. The number of allylic oxidation sites excluding steroid dienone is 3. The van der Waals surface area contributed by atoms with Crippen LogP contribution in [0.4, 0.5) is 0 Å². The molecular weight excluding hydrogens is 592 g/mol. The van der Waals surface area contributed by atoms with E-state index in [4.69, 9.17) is 14.2 Å². The van der Waals surface area contributed by atoms with Crippen molar-refractivity contribution in [2.45, 2.75) is 99.0 Å². The van der Waals surface area contributed by atoms with Crippen LogP contribution in [0, 0.1) is 58.2 Å². The molecule has 0 heterocycles. The normalized spacial score (nSPS) is 33.1. The first kappa shape index (κ1) is 37.6. The van der Waals surface area contributed by atoms with Gasteiger partial charge in [-0.25, -0.2) is 9.59 Å². The Kier molecular flexibility index (Phi) is 12.8. The molecule has 0 spiro atoms. The van der Waals surface area contributed by atoms with Crippen LogP contribution in [0.15, 0.2) is 48.1 Å². The van der Waals surface area contributed by atoms with Gasteiger partial charge in [0.1, 0.15) is 0 Å². The van der Waals surface area contributed by atoms with Gasteiger partial charge in [0.15, 0.2) is 0 Å². The van der Waals surface area contributed by atoms with E-state index >= 15 is 0 Å². The Morgan fingerprint density at radius 3 is 2.13 bits per heavy atom. The molecule has 47 heavy (non-hydrogen) atoms. The molecule has 9 atom stereocenters. The zero-order valence-electron chi connectivity index (χ0n) is 30.0. The van der Waals surface area contributed by atoms with Crippen LogP contribution < -0.4 is 0 Å². The Labute approximate surface area is 283 Å². The number of ether oxygens (including phenoxy) is 3. The van der Waals surface area contributed by atoms with E-state index in [1.165, 1.54) is 32.1 Å². The Morgan fingerprint density at radius 1 is 0.894 bits per heavy atom. The number of fused-ring (bicyclic) bond motifs is 5. The molecule has 0 saturated heterocycles. The quantitative estimate of drug-likeness (QED) is 0.109. The SMILES string of the molecule is C=C(CO)C(=O)OCC(COC(=O)C(=C)CO)CO[C@H]1CC[C@@]2(C)C(=CC[C@@H]3C2CC[C@@]2(C)C3CC[C@@H]2[C@H](C)/C=C/[C@H](C)C(C)C)C1. The minimum absolute atomic E-state index is 0.0387. The first-order valence-corrected chi connectivity index (χ1v) is 18.2. The molecule has 0 aromatic heterocycles. The number of rotatable bonds is 15. The maximum atomic E-state index is 12.1. The van der Waals surface area contributed by atoms with Crippen molar-refractivity contribution < 1.29 is 34.0 Å². The molecule has 0 aliphatic heterocycles. The second-order valence-corrected chi connectivity index (χ2v) is 16.1. The number of carbonyl (C=O) groups is 2. The number of aliphatic hydroxyl groups excluding tert-OH is 2. The lowest BCUT2D eigenvalue weighted by Gasteiger charge is -2.58. The molecule has 7 nitrogen and oxygen atoms in total. The lowest BCUT2D eigenvalue weighted by molar-refractivity contribution is -0.147. The second-order valence-electron chi connectivity index (χ2n) is 16.1. The smallest absolute Gasteiger partial charge is 0.335 e. The van der Waals surface area contributed by atoms with E-state index in [1.807, 2.05) is 0 Å². The number of aliphatic hydroxyl groups is 2. The van der Waals surface area contributed by atoms with E-state index < -0.39 is 31.1 Å². The molecule has 3 fully saturated rings. The molecule has 4 aliphatic rings. The van der Waals surface area contributed by atoms with Crippen LogP contribution in [0.25, 0.3) is 0 Å². The molecule has 0 aromatic rings. The van der Waals surface area contributed by atoms with E-state index in [-0.39, 0.29) is 42.5 Å². The van der Waals surface area contributed by atoms with Gasteiger partial charge < -0.3 is 24.4 Å². The van der Waals surface area contributed by atoms with Crippen LogP contribution in [-0.2, 0) is 23.8 Å². The summed E-state index contributed by atoms with van der Waals surface area (Å²) in [6.07, 6.45) is 17.1. The zero-order valence-corrected chi connectivity index (χ0v) is 30.0. The fraction of sp³-hybridized carbons (Fsp3) is 0.750. The molecule has 264 valence electrons.